The quantitative estimate of drug-likeness (QED) is 0.632. The van der Waals surface area contributed by atoms with Crippen molar-refractivity contribution in [2.24, 2.45) is 0 Å². The number of carbonyl (C=O) groups is 1. The second-order valence-electron chi connectivity index (χ2n) is 3.40. The molecule has 0 radical (unpaired) electrons. The molecular weight excluding hydrogens is 158 g/mol. The first-order valence-electron chi connectivity index (χ1n) is 4.35. The molecule has 1 N–H and O–H groups in total. The smallest absolute Gasteiger partial charge is 0.323 e. The molecule has 1 saturated carbocycles. The van der Waals surface area contributed by atoms with E-state index in [1.807, 2.05) is 0 Å². The van der Waals surface area contributed by atoms with E-state index >= 15 is 0 Å². The van der Waals surface area contributed by atoms with Crippen molar-refractivity contribution >= 4 is 5.97 Å². The molecule has 1 aliphatic heterocycles. The van der Waals surface area contributed by atoms with Crippen molar-refractivity contribution in [1.82, 2.24) is 4.90 Å². The summed E-state index contributed by atoms with van der Waals surface area (Å²) in [4.78, 5) is 12.8. The summed E-state index contributed by atoms with van der Waals surface area (Å²) < 4.78 is 5.13. The maximum absolute atomic E-state index is 10.8. The zero-order chi connectivity index (χ0) is 8.55. The molecule has 1 heterocycles. The summed E-state index contributed by atoms with van der Waals surface area (Å²) in [6, 6.07) is 0.126. The van der Waals surface area contributed by atoms with E-state index in [1.165, 1.54) is 0 Å². The average Bonchev–Trinajstić information content (AvgIpc) is 2.87. The number of ether oxygens (including phenoxy) is 1. The van der Waals surface area contributed by atoms with Gasteiger partial charge in [0.1, 0.15) is 6.04 Å². The minimum atomic E-state index is -0.749. The van der Waals surface area contributed by atoms with Crippen molar-refractivity contribution in [1.29, 1.82) is 0 Å². The van der Waals surface area contributed by atoms with Crippen LogP contribution >= 0.6 is 0 Å². The number of nitrogens with zero attached hydrogens (tertiary/aromatic N) is 1. The van der Waals surface area contributed by atoms with Gasteiger partial charge in [-0.05, 0) is 12.8 Å². The maximum Gasteiger partial charge on any atom is 0.323 e. The van der Waals surface area contributed by atoms with Crippen LogP contribution in [0.2, 0.25) is 0 Å². The summed E-state index contributed by atoms with van der Waals surface area (Å²) in [5, 5.41) is 8.86. The lowest BCUT2D eigenvalue weighted by Crippen LogP contribution is -2.50. The molecule has 0 amide bonds. The zero-order valence-corrected chi connectivity index (χ0v) is 6.90. The van der Waals surface area contributed by atoms with Gasteiger partial charge in [0, 0.05) is 12.6 Å². The molecule has 2 aliphatic rings. The van der Waals surface area contributed by atoms with Gasteiger partial charge in [-0.15, -0.1) is 0 Å². The normalized spacial score (nSPS) is 31.8. The number of carboxylic acid groups (broad SMARTS) is 1. The third-order valence-electron chi connectivity index (χ3n) is 2.47. The Kier molecular flexibility index (Phi) is 2.02. The molecule has 4 heteroatoms. The van der Waals surface area contributed by atoms with E-state index in [4.69, 9.17) is 9.84 Å². The molecule has 2 rings (SSSR count). The summed E-state index contributed by atoms with van der Waals surface area (Å²) >= 11 is 0. The van der Waals surface area contributed by atoms with Crippen LogP contribution in [0.5, 0.6) is 0 Å². The summed E-state index contributed by atoms with van der Waals surface area (Å²) in [5.74, 6) is -0.749. The van der Waals surface area contributed by atoms with Crippen LogP contribution in [-0.2, 0) is 9.53 Å². The number of aliphatic carboxylic acids is 1. The predicted octanol–water partition coefficient (Wildman–Crippen LogP) is -0.0658. The molecule has 0 aromatic rings. The van der Waals surface area contributed by atoms with E-state index in [1.54, 1.807) is 0 Å². The van der Waals surface area contributed by atoms with Crippen molar-refractivity contribution in [3.63, 3.8) is 0 Å². The Balaban J connectivity index is 2.00. The minimum Gasteiger partial charge on any atom is -0.480 e. The first-order valence-corrected chi connectivity index (χ1v) is 4.35. The van der Waals surface area contributed by atoms with E-state index < -0.39 is 12.0 Å². The molecule has 12 heavy (non-hydrogen) atoms. The van der Waals surface area contributed by atoms with E-state index in [0.29, 0.717) is 19.3 Å². The van der Waals surface area contributed by atoms with Crippen molar-refractivity contribution in [3.8, 4) is 0 Å². The summed E-state index contributed by atoms with van der Waals surface area (Å²) in [6.45, 7) is 1.81. The van der Waals surface area contributed by atoms with Gasteiger partial charge in [-0.1, -0.05) is 0 Å². The van der Waals surface area contributed by atoms with Gasteiger partial charge in [0.15, 0.2) is 0 Å². The lowest BCUT2D eigenvalue weighted by Gasteiger charge is -2.32. The molecule has 1 unspecified atom stereocenters. The molecule has 68 valence electrons. The first-order chi connectivity index (χ1) is 5.79. The lowest BCUT2D eigenvalue weighted by atomic mass is 10.2. The predicted molar refractivity (Wildman–Crippen MR) is 42.0 cm³/mol. The Morgan fingerprint density at radius 1 is 1.50 bits per heavy atom. The number of carboxylic acids is 1. The van der Waals surface area contributed by atoms with Crippen LogP contribution < -0.4 is 0 Å². The fourth-order valence-corrected chi connectivity index (χ4v) is 1.67. The maximum atomic E-state index is 10.8. The second kappa shape index (κ2) is 3.03. The number of morpholine rings is 1. The highest BCUT2D eigenvalue weighted by atomic mass is 16.5. The fraction of sp³-hybridized carbons (Fsp3) is 0.875. The first kappa shape index (κ1) is 8.01. The summed E-state index contributed by atoms with van der Waals surface area (Å²) in [6.07, 6.45) is 2.31. The van der Waals surface area contributed by atoms with Gasteiger partial charge in [0.25, 0.3) is 0 Å². The van der Waals surface area contributed by atoms with E-state index in [9.17, 15) is 4.79 Å². The van der Waals surface area contributed by atoms with Crippen molar-refractivity contribution in [2.45, 2.75) is 24.9 Å². The van der Waals surface area contributed by atoms with Gasteiger partial charge in [0.05, 0.1) is 13.2 Å². The van der Waals surface area contributed by atoms with Crippen LogP contribution in [0.4, 0.5) is 0 Å². The van der Waals surface area contributed by atoms with E-state index in [-0.39, 0.29) is 0 Å². The fourth-order valence-electron chi connectivity index (χ4n) is 1.67. The van der Waals surface area contributed by atoms with Crippen molar-refractivity contribution in [3.05, 3.63) is 0 Å². The molecule has 2 fully saturated rings. The largest absolute Gasteiger partial charge is 0.480 e. The molecule has 1 saturated heterocycles. The van der Waals surface area contributed by atoms with Gasteiger partial charge in [-0.2, -0.15) is 0 Å². The van der Waals surface area contributed by atoms with Crippen LogP contribution in [0.1, 0.15) is 12.8 Å². The Morgan fingerprint density at radius 3 is 2.83 bits per heavy atom. The van der Waals surface area contributed by atoms with Crippen LogP contribution in [0.3, 0.4) is 0 Å². The summed E-state index contributed by atoms with van der Waals surface area (Å²) in [7, 11) is 0. The molecule has 0 aromatic heterocycles. The van der Waals surface area contributed by atoms with E-state index in [0.717, 1.165) is 19.4 Å². The Hall–Kier alpha value is -0.610. The van der Waals surface area contributed by atoms with Crippen molar-refractivity contribution in [2.75, 3.05) is 19.8 Å². The molecule has 4 nitrogen and oxygen atoms in total. The topological polar surface area (TPSA) is 49.8 Å². The third kappa shape index (κ3) is 1.44. The zero-order valence-electron chi connectivity index (χ0n) is 6.90. The molecule has 0 aromatic carbocycles. The number of rotatable bonds is 2. The monoisotopic (exact) mass is 171 g/mol. The Morgan fingerprint density at radius 2 is 2.25 bits per heavy atom. The molecule has 0 bridgehead atoms. The van der Waals surface area contributed by atoms with Crippen LogP contribution in [0.15, 0.2) is 0 Å². The van der Waals surface area contributed by atoms with Crippen LogP contribution in [0.25, 0.3) is 0 Å². The lowest BCUT2D eigenvalue weighted by molar-refractivity contribution is -0.150. The minimum absolute atomic E-state index is 0.353. The third-order valence-corrected chi connectivity index (χ3v) is 2.47. The standard InChI is InChI=1S/C8H13NO3/c10-8(11)7-5-12-4-3-9(7)6-1-2-6/h6-7H,1-5H2,(H,10,11). The highest BCUT2D eigenvalue weighted by Crippen LogP contribution is 2.29. The molecular formula is C8H13NO3. The number of hydrogen-bond acceptors (Lipinski definition) is 3. The summed E-state index contributed by atoms with van der Waals surface area (Å²) in [5.41, 5.74) is 0. The van der Waals surface area contributed by atoms with Gasteiger partial charge in [-0.3, -0.25) is 9.69 Å². The van der Waals surface area contributed by atoms with Crippen molar-refractivity contribution < 1.29 is 14.6 Å². The van der Waals surface area contributed by atoms with Crippen LogP contribution in [0, 0.1) is 0 Å². The SMILES string of the molecule is O=C(O)C1COCCN1C1CC1. The van der Waals surface area contributed by atoms with Gasteiger partial charge < -0.3 is 9.84 Å². The van der Waals surface area contributed by atoms with E-state index in [2.05, 4.69) is 4.90 Å². The molecule has 1 aliphatic carbocycles. The Labute approximate surface area is 71.1 Å². The number of hydrogen-bond donors (Lipinski definition) is 1. The highest BCUT2D eigenvalue weighted by molar-refractivity contribution is 5.73. The van der Waals surface area contributed by atoms with Crippen LogP contribution in [-0.4, -0.2) is 47.8 Å². The highest BCUT2D eigenvalue weighted by Gasteiger charge is 2.38. The van der Waals surface area contributed by atoms with Gasteiger partial charge in [0.2, 0.25) is 0 Å². The molecule has 1 atom stereocenters. The second-order valence-corrected chi connectivity index (χ2v) is 3.40. The average molecular weight is 171 g/mol. The molecule has 0 spiro atoms. The van der Waals surface area contributed by atoms with Gasteiger partial charge in [-0.25, -0.2) is 0 Å². The Bertz CT molecular complexity index is 191. The van der Waals surface area contributed by atoms with Gasteiger partial charge >= 0.3 is 5.97 Å².